The third kappa shape index (κ3) is 6.32. The van der Waals surface area contributed by atoms with Crippen LogP contribution in [0.1, 0.15) is 5.56 Å². The highest BCUT2D eigenvalue weighted by Gasteiger charge is 2.27. The van der Waals surface area contributed by atoms with Gasteiger partial charge in [-0.25, -0.2) is 17.1 Å². The van der Waals surface area contributed by atoms with Gasteiger partial charge in [-0.15, -0.1) is 0 Å². The molecule has 1 amide bonds. The smallest absolute Gasteiger partial charge is 0.304 e. The Morgan fingerprint density at radius 1 is 0.944 bits per heavy atom. The molecular weight excluding hydrogens is 531 g/mol. The lowest BCUT2D eigenvalue weighted by Gasteiger charge is -2.26. The van der Waals surface area contributed by atoms with E-state index in [4.69, 9.17) is 11.6 Å². The summed E-state index contributed by atoms with van der Waals surface area (Å²) in [5, 5.41) is 2.96. The summed E-state index contributed by atoms with van der Waals surface area (Å²) in [5.41, 5.74) is 1.26. The molecule has 0 aromatic heterocycles. The number of hydrogen-bond acceptors (Lipinski definition) is 5. The summed E-state index contributed by atoms with van der Waals surface area (Å²) >= 11 is 6.05. The van der Waals surface area contributed by atoms with Crippen LogP contribution in [0.3, 0.4) is 0 Å². The molecule has 36 heavy (non-hydrogen) atoms. The van der Waals surface area contributed by atoms with Crippen LogP contribution in [0.2, 0.25) is 5.02 Å². The normalized spacial score (nSPS) is 11.8. The van der Waals surface area contributed by atoms with Crippen LogP contribution in [0.15, 0.2) is 71.6 Å². The van der Waals surface area contributed by atoms with Crippen molar-refractivity contribution in [3.8, 4) is 0 Å². The molecular formula is C23H24ClFN4O5S2. The molecule has 0 aliphatic heterocycles. The first-order chi connectivity index (χ1) is 16.8. The van der Waals surface area contributed by atoms with Crippen molar-refractivity contribution in [1.29, 1.82) is 0 Å². The summed E-state index contributed by atoms with van der Waals surface area (Å²) in [7, 11) is -5.38. The molecule has 0 saturated carbocycles. The number of nitrogens with zero attached hydrogens (tertiary/aromatic N) is 2. The molecule has 0 spiro atoms. The SMILES string of the molecule is Cc1c(Cl)cccc1NS(=O)(=O)c1ccc(NC(=O)CN(c2ccc(F)cc2)S(=O)(=O)N(C)C)cc1. The molecule has 3 aromatic rings. The van der Waals surface area contributed by atoms with Crippen LogP contribution in [0.5, 0.6) is 0 Å². The zero-order chi connectivity index (χ0) is 26.7. The van der Waals surface area contributed by atoms with E-state index in [-0.39, 0.29) is 16.3 Å². The molecule has 0 aliphatic carbocycles. The van der Waals surface area contributed by atoms with E-state index in [1.807, 2.05) is 0 Å². The molecule has 3 aromatic carbocycles. The monoisotopic (exact) mass is 554 g/mol. The van der Waals surface area contributed by atoms with Crippen molar-refractivity contribution in [3.63, 3.8) is 0 Å². The van der Waals surface area contributed by atoms with Crippen molar-refractivity contribution in [2.75, 3.05) is 35.0 Å². The number of nitrogens with one attached hydrogen (secondary N) is 2. The van der Waals surface area contributed by atoms with Crippen molar-refractivity contribution in [2.45, 2.75) is 11.8 Å². The van der Waals surface area contributed by atoms with Gasteiger partial charge in [0, 0.05) is 24.8 Å². The van der Waals surface area contributed by atoms with Gasteiger partial charge in [-0.05, 0) is 73.2 Å². The maximum absolute atomic E-state index is 13.3. The predicted molar refractivity (Wildman–Crippen MR) is 138 cm³/mol. The van der Waals surface area contributed by atoms with Gasteiger partial charge in [-0.2, -0.15) is 12.7 Å². The number of anilines is 3. The van der Waals surface area contributed by atoms with Crippen LogP contribution in [0.25, 0.3) is 0 Å². The van der Waals surface area contributed by atoms with E-state index < -0.39 is 38.5 Å². The lowest BCUT2D eigenvalue weighted by atomic mass is 10.2. The molecule has 192 valence electrons. The maximum Gasteiger partial charge on any atom is 0.304 e. The number of sulfonamides is 1. The van der Waals surface area contributed by atoms with Gasteiger partial charge in [-0.3, -0.25) is 9.52 Å². The fourth-order valence-electron chi connectivity index (χ4n) is 3.08. The molecule has 0 saturated heterocycles. The van der Waals surface area contributed by atoms with Gasteiger partial charge in [0.1, 0.15) is 12.4 Å². The molecule has 0 unspecified atom stereocenters. The summed E-state index contributed by atoms with van der Waals surface area (Å²) in [6.45, 7) is 1.09. The molecule has 0 fully saturated rings. The minimum Gasteiger partial charge on any atom is -0.325 e. The van der Waals surface area contributed by atoms with Gasteiger partial charge in [-0.1, -0.05) is 17.7 Å². The van der Waals surface area contributed by atoms with E-state index in [2.05, 4.69) is 10.0 Å². The topological polar surface area (TPSA) is 116 Å². The van der Waals surface area contributed by atoms with Gasteiger partial charge in [0.2, 0.25) is 5.91 Å². The Balaban J connectivity index is 1.76. The van der Waals surface area contributed by atoms with Crippen molar-refractivity contribution >= 4 is 54.8 Å². The lowest BCUT2D eigenvalue weighted by molar-refractivity contribution is -0.114. The van der Waals surface area contributed by atoms with Gasteiger partial charge in [0.15, 0.2) is 0 Å². The molecule has 3 rings (SSSR count). The summed E-state index contributed by atoms with van der Waals surface area (Å²) in [6.07, 6.45) is 0. The minimum atomic E-state index is -4.07. The van der Waals surface area contributed by atoms with Gasteiger partial charge in [0.25, 0.3) is 10.0 Å². The van der Waals surface area contributed by atoms with E-state index >= 15 is 0 Å². The number of benzene rings is 3. The van der Waals surface area contributed by atoms with Crippen LogP contribution in [0, 0.1) is 12.7 Å². The molecule has 0 bridgehead atoms. The third-order valence-electron chi connectivity index (χ3n) is 5.10. The Hall–Kier alpha value is -3.19. The quantitative estimate of drug-likeness (QED) is 0.417. The first-order valence-corrected chi connectivity index (χ1v) is 13.7. The highest BCUT2D eigenvalue weighted by Crippen LogP contribution is 2.26. The van der Waals surface area contributed by atoms with E-state index in [0.29, 0.717) is 16.3 Å². The maximum atomic E-state index is 13.3. The number of amides is 1. The molecule has 2 N–H and O–H groups in total. The molecule has 0 heterocycles. The van der Waals surface area contributed by atoms with E-state index in [0.717, 1.165) is 20.7 Å². The van der Waals surface area contributed by atoms with Crippen LogP contribution >= 0.6 is 11.6 Å². The predicted octanol–water partition coefficient (Wildman–Crippen LogP) is 3.84. The number of halogens is 2. The number of carbonyl (C=O) groups is 1. The standard InChI is InChI=1S/C23H24ClFN4O5S2/c1-16-21(24)5-4-6-22(16)27-35(31,32)20-13-9-18(10-14-20)26-23(30)15-29(36(33,34)28(2)3)19-11-7-17(25)8-12-19/h4-14,27H,15H2,1-3H3,(H,26,30). The summed E-state index contributed by atoms with van der Waals surface area (Å²) in [6, 6.07) is 14.9. The van der Waals surface area contributed by atoms with Gasteiger partial charge >= 0.3 is 10.2 Å². The Bertz CT molecular complexity index is 1460. The lowest BCUT2D eigenvalue weighted by Crippen LogP contribution is -2.44. The highest BCUT2D eigenvalue weighted by molar-refractivity contribution is 7.92. The Morgan fingerprint density at radius 3 is 2.14 bits per heavy atom. The zero-order valence-electron chi connectivity index (χ0n) is 19.6. The van der Waals surface area contributed by atoms with E-state index in [9.17, 15) is 26.0 Å². The number of hydrogen-bond donors (Lipinski definition) is 2. The van der Waals surface area contributed by atoms with Crippen molar-refractivity contribution in [1.82, 2.24) is 4.31 Å². The average Bonchev–Trinajstić information content (AvgIpc) is 2.81. The molecule has 0 radical (unpaired) electrons. The third-order valence-corrected chi connectivity index (χ3v) is 8.71. The second-order valence-electron chi connectivity index (χ2n) is 7.86. The van der Waals surface area contributed by atoms with Crippen molar-refractivity contribution in [3.05, 3.63) is 83.1 Å². The van der Waals surface area contributed by atoms with Crippen molar-refractivity contribution < 1.29 is 26.0 Å². The van der Waals surface area contributed by atoms with E-state index in [1.165, 1.54) is 50.5 Å². The molecule has 0 aliphatic rings. The summed E-state index contributed by atoms with van der Waals surface area (Å²) in [5.74, 6) is -1.24. The number of carbonyl (C=O) groups excluding carboxylic acids is 1. The first-order valence-electron chi connectivity index (χ1n) is 10.4. The fraction of sp³-hybridized carbons (Fsp3) is 0.174. The van der Waals surface area contributed by atoms with Crippen molar-refractivity contribution in [2.24, 2.45) is 0 Å². The van der Waals surface area contributed by atoms with E-state index in [1.54, 1.807) is 25.1 Å². The largest absolute Gasteiger partial charge is 0.325 e. The number of rotatable bonds is 9. The second kappa shape index (κ2) is 10.8. The van der Waals surface area contributed by atoms with Crippen LogP contribution in [-0.4, -0.2) is 47.7 Å². The zero-order valence-corrected chi connectivity index (χ0v) is 22.0. The molecule has 0 atom stereocenters. The Labute approximate surface area is 214 Å². The van der Waals surface area contributed by atoms with Crippen LogP contribution in [0.4, 0.5) is 21.5 Å². The van der Waals surface area contributed by atoms with Crippen LogP contribution in [-0.2, 0) is 25.0 Å². The minimum absolute atomic E-state index is 0.0528. The first kappa shape index (κ1) is 27.4. The highest BCUT2D eigenvalue weighted by atomic mass is 35.5. The Kier molecular flexibility index (Phi) is 8.24. The molecule has 13 heteroatoms. The average molecular weight is 555 g/mol. The fourth-order valence-corrected chi connectivity index (χ4v) is 5.44. The van der Waals surface area contributed by atoms with Gasteiger partial charge < -0.3 is 5.32 Å². The Morgan fingerprint density at radius 2 is 1.56 bits per heavy atom. The summed E-state index contributed by atoms with van der Waals surface area (Å²) < 4.78 is 68.6. The molecule has 9 nitrogen and oxygen atoms in total. The summed E-state index contributed by atoms with van der Waals surface area (Å²) in [4.78, 5) is 12.6. The van der Waals surface area contributed by atoms with Crippen LogP contribution < -0.4 is 14.3 Å². The second-order valence-corrected chi connectivity index (χ2v) is 12.0. The van der Waals surface area contributed by atoms with Gasteiger partial charge in [0.05, 0.1) is 16.3 Å².